The molecule has 2 heterocycles. The number of sulfonamides is 1. The van der Waals surface area contributed by atoms with Gasteiger partial charge in [0.25, 0.3) is 15.9 Å². The van der Waals surface area contributed by atoms with Crippen molar-refractivity contribution in [2.45, 2.75) is 23.9 Å². The van der Waals surface area contributed by atoms with Crippen molar-refractivity contribution in [2.75, 3.05) is 19.1 Å². The fourth-order valence-corrected chi connectivity index (χ4v) is 5.78. The van der Waals surface area contributed by atoms with Gasteiger partial charge in [-0.15, -0.1) is 0 Å². The summed E-state index contributed by atoms with van der Waals surface area (Å²) >= 11 is 15.8. The fraction of sp³-hybridized carbons (Fsp3) is 0.238. The van der Waals surface area contributed by atoms with Crippen molar-refractivity contribution in [3.05, 3.63) is 68.7 Å². The van der Waals surface area contributed by atoms with E-state index in [1.165, 1.54) is 29.8 Å². The average Bonchev–Trinajstić information content (AvgIpc) is 3.27. The smallest absolute Gasteiger partial charge is 0.282 e. The Hall–Kier alpha value is -1.95. The van der Waals surface area contributed by atoms with Gasteiger partial charge in [0.15, 0.2) is 5.03 Å². The molecule has 0 saturated carbocycles. The molecule has 0 saturated heterocycles. The number of amides is 1. The van der Waals surface area contributed by atoms with Crippen LogP contribution in [-0.2, 0) is 31.6 Å². The van der Waals surface area contributed by atoms with Gasteiger partial charge in [0.05, 0.1) is 19.0 Å². The number of hydrogen-bond donors (Lipinski definition) is 0. The number of hydroxylamine groups is 1. The van der Waals surface area contributed by atoms with Crippen LogP contribution in [0.15, 0.2) is 58.2 Å². The van der Waals surface area contributed by atoms with Gasteiger partial charge < -0.3 is 0 Å². The molecule has 0 bridgehead atoms. The molecule has 1 unspecified atom stereocenters. The highest BCUT2D eigenvalue weighted by molar-refractivity contribution is 9.10. The minimum absolute atomic E-state index is 0.140. The summed E-state index contributed by atoms with van der Waals surface area (Å²) in [5, 5.41) is 0.485. The average molecular weight is 574 g/mol. The third-order valence-corrected chi connectivity index (χ3v) is 8.10. The molecule has 3 aromatic rings. The lowest BCUT2D eigenvalue weighted by atomic mass is 9.92. The Morgan fingerprint density at radius 1 is 1.15 bits per heavy atom. The molecule has 1 aromatic heterocycles. The number of hydrogen-bond acceptors (Lipinski definition) is 5. The number of carbonyl (C=O) groups excluding carboxylic acids is 1. The van der Waals surface area contributed by atoms with Crippen molar-refractivity contribution in [3.8, 4) is 0 Å². The van der Waals surface area contributed by atoms with Gasteiger partial charge in [0, 0.05) is 28.0 Å². The molecule has 0 N–H and O–H groups in total. The highest BCUT2D eigenvalue weighted by atomic mass is 79.9. The molecule has 0 aliphatic carbocycles. The van der Waals surface area contributed by atoms with Gasteiger partial charge in [-0.25, -0.2) is 18.3 Å². The second kappa shape index (κ2) is 8.68. The number of fused-ring (bicyclic) bond motifs is 1. The van der Waals surface area contributed by atoms with Crippen molar-refractivity contribution in [2.24, 2.45) is 0 Å². The van der Waals surface area contributed by atoms with Crippen LogP contribution in [-0.4, -0.2) is 42.5 Å². The molecule has 1 amide bonds. The van der Waals surface area contributed by atoms with Gasteiger partial charge in [0.2, 0.25) is 5.95 Å². The monoisotopic (exact) mass is 572 g/mol. The molecule has 8 nitrogen and oxygen atoms in total. The standard InChI is InChI=1S/C21H19BrCl2N4O4S/c1-21(11-13-4-6-14(22)7-5-13)19(29)27(17-9-15(23)8-16(24)10-17)20-25-12-18(28(20)21)33(30,31)26(2)32-3/h4-10,12H,11H2,1-3H3. The van der Waals surface area contributed by atoms with Crippen LogP contribution in [0.5, 0.6) is 0 Å². The van der Waals surface area contributed by atoms with Gasteiger partial charge in [-0.05, 0) is 42.8 Å². The van der Waals surface area contributed by atoms with Crippen molar-refractivity contribution in [3.63, 3.8) is 0 Å². The van der Waals surface area contributed by atoms with Gasteiger partial charge in [-0.3, -0.25) is 14.2 Å². The van der Waals surface area contributed by atoms with Crippen LogP contribution in [0, 0.1) is 0 Å². The molecule has 0 radical (unpaired) electrons. The second-order valence-electron chi connectivity index (χ2n) is 7.67. The van der Waals surface area contributed by atoms with E-state index in [0.29, 0.717) is 15.7 Å². The van der Waals surface area contributed by atoms with Crippen LogP contribution in [0.4, 0.5) is 11.6 Å². The van der Waals surface area contributed by atoms with Gasteiger partial charge in [0.1, 0.15) is 5.54 Å². The first-order valence-corrected chi connectivity index (χ1v) is 12.6. The molecule has 0 fully saturated rings. The molecule has 1 atom stereocenters. The summed E-state index contributed by atoms with van der Waals surface area (Å²) in [6.45, 7) is 1.68. The first kappa shape index (κ1) is 24.2. The maximum atomic E-state index is 13.9. The Morgan fingerprint density at radius 3 is 2.33 bits per heavy atom. The predicted octanol–water partition coefficient (Wildman–Crippen LogP) is 4.77. The lowest BCUT2D eigenvalue weighted by molar-refractivity contribution is -0.124. The summed E-state index contributed by atoms with van der Waals surface area (Å²) in [5.74, 6) is -0.232. The normalized spacial score (nSPS) is 18.3. The molecular formula is C21H19BrCl2N4O4S. The second-order valence-corrected chi connectivity index (χ2v) is 11.3. The van der Waals surface area contributed by atoms with E-state index in [2.05, 4.69) is 20.9 Å². The van der Waals surface area contributed by atoms with Crippen LogP contribution < -0.4 is 4.90 Å². The van der Waals surface area contributed by atoms with E-state index in [0.717, 1.165) is 14.5 Å². The Morgan fingerprint density at radius 2 is 1.76 bits per heavy atom. The summed E-state index contributed by atoms with van der Waals surface area (Å²) in [5.41, 5.74) is -0.0955. The number of anilines is 2. The number of nitrogens with zero attached hydrogens (tertiary/aromatic N) is 4. The lowest BCUT2D eigenvalue weighted by Gasteiger charge is -2.27. The molecule has 1 aliphatic rings. The van der Waals surface area contributed by atoms with Crippen LogP contribution in [0.3, 0.4) is 0 Å². The highest BCUT2D eigenvalue weighted by Crippen LogP contribution is 2.44. The SMILES string of the molecule is CON(C)S(=O)(=O)c1cnc2n1C(C)(Cc1ccc(Br)cc1)C(=O)N2c1cc(Cl)cc(Cl)c1. The molecule has 12 heteroatoms. The molecule has 33 heavy (non-hydrogen) atoms. The molecule has 174 valence electrons. The van der Waals surface area contributed by atoms with Gasteiger partial charge in [-0.1, -0.05) is 55.7 Å². The Bertz CT molecular complexity index is 1330. The van der Waals surface area contributed by atoms with Crippen LogP contribution in [0.1, 0.15) is 12.5 Å². The summed E-state index contributed by atoms with van der Waals surface area (Å²) < 4.78 is 29.4. The van der Waals surface area contributed by atoms with Crippen LogP contribution >= 0.6 is 39.1 Å². The topological polar surface area (TPSA) is 84.7 Å². The maximum Gasteiger partial charge on any atom is 0.282 e. The Balaban J connectivity index is 1.94. The number of benzene rings is 2. The zero-order valence-electron chi connectivity index (χ0n) is 17.8. The van der Waals surface area contributed by atoms with E-state index in [4.69, 9.17) is 28.0 Å². The number of imidazole rings is 1. The van der Waals surface area contributed by atoms with Crippen molar-refractivity contribution < 1.29 is 18.0 Å². The van der Waals surface area contributed by atoms with Crippen LogP contribution in [0.2, 0.25) is 10.0 Å². The number of halogens is 3. The fourth-order valence-electron chi connectivity index (χ4n) is 3.84. The number of rotatable bonds is 6. The predicted molar refractivity (Wildman–Crippen MR) is 129 cm³/mol. The molecule has 2 aromatic carbocycles. The van der Waals surface area contributed by atoms with Crippen molar-refractivity contribution in [1.29, 1.82) is 0 Å². The lowest BCUT2D eigenvalue weighted by Crippen LogP contribution is -2.42. The Labute approximate surface area is 209 Å². The largest absolute Gasteiger partial charge is 0.288 e. The third-order valence-electron chi connectivity index (χ3n) is 5.50. The maximum absolute atomic E-state index is 13.9. The highest BCUT2D eigenvalue weighted by Gasteiger charge is 2.52. The van der Waals surface area contributed by atoms with Gasteiger partial charge >= 0.3 is 0 Å². The van der Waals surface area contributed by atoms with E-state index in [1.54, 1.807) is 25.1 Å². The molecule has 0 spiro atoms. The summed E-state index contributed by atoms with van der Waals surface area (Å²) in [6.07, 6.45) is 1.43. The summed E-state index contributed by atoms with van der Waals surface area (Å²) in [7, 11) is -1.60. The van der Waals surface area contributed by atoms with E-state index in [9.17, 15) is 13.2 Å². The van der Waals surface area contributed by atoms with E-state index in [1.807, 2.05) is 24.3 Å². The summed E-state index contributed by atoms with van der Waals surface area (Å²) in [4.78, 5) is 24.5. The van der Waals surface area contributed by atoms with Crippen LogP contribution in [0.25, 0.3) is 0 Å². The van der Waals surface area contributed by atoms with Crippen molar-refractivity contribution >= 4 is 66.7 Å². The van der Waals surface area contributed by atoms with E-state index >= 15 is 0 Å². The number of carbonyl (C=O) groups is 1. The van der Waals surface area contributed by atoms with E-state index in [-0.39, 0.29) is 23.3 Å². The third kappa shape index (κ3) is 4.09. The zero-order valence-corrected chi connectivity index (χ0v) is 21.7. The van der Waals surface area contributed by atoms with E-state index < -0.39 is 15.6 Å². The number of aromatic nitrogens is 2. The molecular weight excluding hydrogens is 555 g/mol. The summed E-state index contributed by atoms with van der Waals surface area (Å²) in [6, 6.07) is 12.2. The minimum Gasteiger partial charge on any atom is -0.288 e. The first-order chi connectivity index (χ1) is 15.5. The molecule has 4 rings (SSSR count). The Kier molecular flexibility index (Phi) is 6.36. The quantitative estimate of drug-likeness (QED) is 0.397. The van der Waals surface area contributed by atoms with Gasteiger partial charge in [-0.2, -0.15) is 0 Å². The minimum atomic E-state index is -4.11. The van der Waals surface area contributed by atoms with Crippen molar-refractivity contribution in [1.82, 2.24) is 14.0 Å². The first-order valence-electron chi connectivity index (χ1n) is 9.65. The zero-order chi connectivity index (χ0) is 24.1. The molecule has 1 aliphatic heterocycles.